The zero-order valence-electron chi connectivity index (χ0n) is 63.7. The highest BCUT2D eigenvalue weighted by molar-refractivity contribution is 7.89. The summed E-state index contributed by atoms with van der Waals surface area (Å²) in [5.41, 5.74) is 78.1. The summed E-state index contributed by atoms with van der Waals surface area (Å²) in [6.45, 7) is 3.66. The number of nitrogens with zero attached hydrogens (tertiary/aromatic N) is 9. The van der Waals surface area contributed by atoms with Crippen LogP contribution in [0.2, 0.25) is 0 Å². The lowest BCUT2D eigenvalue weighted by Gasteiger charge is -2.27. The number of aliphatic imine (C=N–C) groups is 6. The number of rotatable bonds is 56. The van der Waals surface area contributed by atoms with E-state index in [0.29, 0.717) is 82.9 Å². The summed E-state index contributed by atoms with van der Waals surface area (Å²) >= 11 is 0. The zero-order valence-corrected chi connectivity index (χ0v) is 64.5. The molecule has 2 aromatic rings. The third kappa shape index (κ3) is 40.0. The van der Waals surface area contributed by atoms with Gasteiger partial charge in [0.05, 0.1) is 4.90 Å². The second-order valence-electron chi connectivity index (χ2n) is 26.8. The van der Waals surface area contributed by atoms with Gasteiger partial charge in [0.2, 0.25) is 63.2 Å². The van der Waals surface area contributed by atoms with Crippen molar-refractivity contribution in [2.45, 2.75) is 201 Å². The summed E-state index contributed by atoms with van der Waals surface area (Å²) in [6.07, 6.45) is 9.45. The third-order valence-electron chi connectivity index (χ3n) is 17.7. The third-order valence-corrected chi connectivity index (χ3v) is 19.6. The van der Waals surface area contributed by atoms with Crippen LogP contribution < -0.4 is 123 Å². The van der Waals surface area contributed by atoms with Gasteiger partial charge in [-0.25, -0.2) is 8.42 Å². The highest BCUT2D eigenvalue weighted by atomic mass is 32.2. The van der Waals surface area contributed by atoms with Crippen molar-refractivity contribution in [3.8, 4) is 0 Å². The minimum absolute atomic E-state index is 0.00146. The molecule has 0 aliphatic carbocycles. The monoisotopic (exact) mass is 1580 g/mol. The maximum Gasteiger partial charge on any atom is 0.243 e. The fraction of sp³-hybridized carbons (Fsp3) is 0.647. The van der Waals surface area contributed by atoms with Crippen LogP contribution in [0.3, 0.4) is 0 Å². The van der Waals surface area contributed by atoms with Gasteiger partial charge in [0.25, 0.3) is 0 Å². The molecular formula is C68H123N31O11S. The van der Waals surface area contributed by atoms with Crippen LogP contribution in [-0.2, 0) is 53.2 Å². The highest BCUT2D eigenvalue weighted by Gasteiger charge is 2.35. The number of carbonyl (C=O) groups excluding carboxylic acids is 9. The molecule has 0 unspecified atom stereocenters. The number of carbonyl (C=O) groups is 9. The van der Waals surface area contributed by atoms with Crippen molar-refractivity contribution >= 4 is 110 Å². The smallest absolute Gasteiger partial charge is 0.243 e. The molecule has 9 amide bonds. The predicted octanol–water partition coefficient (Wildman–Crippen LogP) is -6.50. The minimum Gasteiger partial charge on any atom is -0.370 e. The average molecular weight is 1580 g/mol. The van der Waals surface area contributed by atoms with Crippen LogP contribution in [0, 0.1) is 0 Å². The van der Waals surface area contributed by atoms with Crippen LogP contribution in [-0.4, -0.2) is 239 Å². The first-order chi connectivity index (χ1) is 52.9. The number of primary amides is 1. The maximum atomic E-state index is 14.7. The van der Waals surface area contributed by atoms with Gasteiger partial charge in [-0.05, 0) is 160 Å². The van der Waals surface area contributed by atoms with E-state index >= 15 is 0 Å². The molecule has 0 radical (unpaired) electrons. The molecular weight excluding hydrogens is 1460 g/mol. The second-order valence-corrected chi connectivity index (χ2v) is 28.7. The van der Waals surface area contributed by atoms with Crippen LogP contribution in [0.15, 0.2) is 71.5 Å². The fourth-order valence-electron chi connectivity index (χ4n) is 11.9. The Labute approximate surface area is 648 Å². The molecule has 0 saturated carbocycles. The molecule has 111 heavy (non-hydrogen) atoms. The van der Waals surface area contributed by atoms with E-state index < -0.39 is 93.7 Å². The van der Waals surface area contributed by atoms with Crippen LogP contribution in [0.1, 0.15) is 154 Å². The maximum absolute atomic E-state index is 14.7. The quantitative estimate of drug-likeness (QED) is 0.0166. The molecule has 1 aromatic heterocycles. The molecule has 43 heteroatoms. The van der Waals surface area contributed by atoms with Crippen molar-refractivity contribution in [3.63, 3.8) is 0 Å². The Balaban J connectivity index is 1.73. The van der Waals surface area contributed by atoms with Crippen molar-refractivity contribution in [1.29, 1.82) is 0 Å². The van der Waals surface area contributed by atoms with E-state index in [9.17, 15) is 51.6 Å². The summed E-state index contributed by atoms with van der Waals surface area (Å²) in [6, 6.07) is -2.09. The Hall–Kier alpha value is -10.7. The topological polar surface area (TPSA) is 742 Å². The molecule has 42 nitrogen and oxygen atoms in total. The Morgan fingerprint density at radius 3 is 1.19 bits per heavy atom. The standard InChI is InChI=1S/C68H123N31O11S/c69-29-6-5-18-47(91-54(100)27-4-2-8-38-98-39-16-40-99(42-41-98)111(109,110)53-25-9-17-44-43-83-37-28-45(44)53)57(103)84-30-7-1-3-26-55(101)92-48(20-11-32-86-64(73)74)58(104)94-50(22-13-34-88-66(77)78)60(106)96-52(24-15-36-90-68(81)82)62(108)97-51(23-14-35-89-67(79)80)61(107)95-49(21-12-33-87-65(75)76)59(105)93-46(56(70)102)19-10-31-85-63(71)72/h9,17,25,28,37,43,46-52H,1-8,10-16,18-24,26-27,29-36,38-42,69H2,(H2,70,102)(H,84,103)(H,91,100)(H,92,101)(H,93,105)(H,94,104)(H,95,107)(H,96,106)(H,97,108)(H4,71,72,85)(H4,73,74,86)(H4,75,76,87)(H4,77,78,88)(H4,79,80,89)(H4,81,82,90)/t46-,47-,48-,49-,50-,51-,52-/m1/s1. The first kappa shape index (κ1) is 94.5. The first-order valence-corrected chi connectivity index (χ1v) is 39.1. The summed E-state index contributed by atoms with van der Waals surface area (Å²) in [4.78, 5) is 156. The van der Waals surface area contributed by atoms with Crippen molar-refractivity contribution in [1.82, 2.24) is 56.7 Å². The van der Waals surface area contributed by atoms with E-state index in [2.05, 4.69) is 82.4 Å². The lowest BCUT2D eigenvalue weighted by atomic mass is 10.0. The van der Waals surface area contributed by atoms with Crippen molar-refractivity contribution in [3.05, 3.63) is 36.7 Å². The molecule has 0 bridgehead atoms. The van der Waals surface area contributed by atoms with Crippen LogP contribution in [0.5, 0.6) is 0 Å². The van der Waals surface area contributed by atoms with Gasteiger partial charge in [0, 0.05) is 101 Å². The van der Waals surface area contributed by atoms with Crippen LogP contribution in [0.4, 0.5) is 0 Å². The van der Waals surface area contributed by atoms with Crippen LogP contribution in [0.25, 0.3) is 10.8 Å². The van der Waals surface area contributed by atoms with Gasteiger partial charge in [-0.15, -0.1) is 0 Å². The van der Waals surface area contributed by atoms with Crippen molar-refractivity contribution in [2.24, 2.45) is 110 Å². The Kier molecular flexibility index (Phi) is 45.3. The largest absolute Gasteiger partial charge is 0.370 e. The Morgan fingerprint density at radius 1 is 0.405 bits per heavy atom. The number of hydrogen-bond acceptors (Lipinski definition) is 20. The molecule has 1 aliphatic rings. The number of guanidine groups is 6. The number of unbranched alkanes of at least 4 members (excludes halogenated alkanes) is 5. The molecule has 1 fully saturated rings. The number of amides is 9. The number of benzene rings is 1. The summed E-state index contributed by atoms with van der Waals surface area (Å²) in [5, 5.41) is 23.2. The van der Waals surface area contributed by atoms with Crippen LogP contribution >= 0.6 is 0 Å². The summed E-state index contributed by atoms with van der Waals surface area (Å²) in [5.74, 6) is -7.75. The lowest BCUT2D eigenvalue weighted by molar-refractivity contribution is -0.135. The minimum atomic E-state index is -3.73. The average Bonchev–Trinajstić information content (AvgIpc) is 1.53. The molecule has 0 spiro atoms. The highest BCUT2D eigenvalue weighted by Crippen LogP contribution is 2.26. The SMILES string of the molecule is NCCCC[C@@H](NC(=O)CCCCCN1CCCN(S(=O)(=O)c2cccc3cnccc23)CC1)C(=O)NCCCCCC(=O)N[C@H](CCCN=C(N)N)C(=O)N[C@H](CCCN=C(N)N)C(=O)N[C@H](CCCN=C(N)N)C(=O)N[C@H](CCCN=C(N)N)C(=O)N[C@H](CCCN=C(N)N)C(=O)N[C@H](CCCN=C(N)N)C(N)=O. The predicted molar refractivity (Wildman–Crippen MR) is 427 cm³/mol. The van der Waals surface area contributed by atoms with E-state index in [1.807, 2.05) is 6.07 Å². The van der Waals surface area contributed by atoms with Gasteiger partial charge in [-0.2, -0.15) is 4.31 Å². The number of nitrogens with two attached hydrogens (primary N) is 14. The van der Waals surface area contributed by atoms with Gasteiger partial charge in [0.1, 0.15) is 42.3 Å². The number of fused-ring (bicyclic) bond motifs is 1. The van der Waals surface area contributed by atoms with Gasteiger partial charge >= 0.3 is 0 Å². The number of pyridine rings is 1. The fourth-order valence-corrected chi connectivity index (χ4v) is 13.6. The van der Waals surface area contributed by atoms with Crippen molar-refractivity contribution < 1.29 is 51.6 Å². The number of hydrogen-bond donors (Lipinski definition) is 22. The van der Waals surface area contributed by atoms with Gasteiger partial charge in [-0.1, -0.05) is 25.0 Å². The molecule has 36 N–H and O–H groups in total. The Bertz CT molecular complexity index is 3550. The lowest BCUT2D eigenvalue weighted by Crippen LogP contribution is -2.59. The molecule has 2 heterocycles. The first-order valence-electron chi connectivity index (χ1n) is 37.7. The van der Waals surface area contributed by atoms with E-state index in [0.717, 1.165) is 31.3 Å². The van der Waals surface area contributed by atoms with Crippen molar-refractivity contribution in [2.75, 3.05) is 85.1 Å². The van der Waals surface area contributed by atoms with E-state index in [1.54, 1.807) is 34.9 Å². The second kappa shape index (κ2) is 53.2. The number of nitrogens with one attached hydrogen (secondary N) is 8. The Morgan fingerprint density at radius 2 is 0.784 bits per heavy atom. The van der Waals surface area contributed by atoms with Gasteiger partial charge in [-0.3, -0.25) is 78.1 Å². The van der Waals surface area contributed by atoms with E-state index in [1.165, 1.54) is 0 Å². The van der Waals surface area contributed by atoms with E-state index in [4.69, 9.17) is 80.3 Å². The molecule has 3 rings (SSSR count). The summed E-state index contributed by atoms with van der Waals surface area (Å²) in [7, 11) is -3.73. The van der Waals surface area contributed by atoms with Gasteiger partial charge in [0.15, 0.2) is 35.8 Å². The molecule has 1 aliphatic heterocycles. The molecule has 7 atom stereocenters. The van der Waals surface area contributed by atoms with Gasteiger partial charge < -0.3 is 128 Å². The zero-order chi connectivity index (χ0) is 82.1. The molecule has 1 saturated heterocycles. The molecule has 622 valence electrons. The summed E-state index contributed by atoms with van der Waals surface area (Å²) < 4.78 is 29.1. The normalized spacial score (nSPS) is 14.2. The van der Waals surface area contributed by atoms with E-state index in [-0.39, 0.29) is 188 Å². The number of sulfonamides is 1. The molecule has 1 aromatic carbocycles. The number of aromatic nitrogens is 1.